The molecule has 0 spiro atoms. The van der Waals surface area contributed by atoms with Crippen LogP contribution in [0.25, 0.3) is 5.69 Å². The number of hydrogen-bond acceptors (Lipinski definition) is 7. The van der Waals surface area contributed by atoms with Gasteiger partial charge in [-0.2, -0.15) is 5.10 Å². The standard InChI is InChI=1S/C22H23ClN4O6/c1-4-15-18(20(29)32-5-2)16(25-22(31)24-15)11-33-21(30)19-17(28)10-12(3)27(26-19)14-8-6-13(23)7-9-14/h6-10,15H,4-5,11H2,1-3H3,(H2,24,25,31)/t15-/m1/s1. The van der Waals surface area contributed by atoms with Crippen LogP contribution in [0.15, 0.2) is 46.4 Å². The number of carbonyl (C=O) groups excluding carboxylic acids is 3. The van der Waals surface area contributed by atoms with Crippen LogP contribution >= 0.6 is 11.6 Å². The van der Waals surface area contributed by atoms with Crippen molar-refractivity contribution in [1.82, 2.24) is 20.4 Å². The lowest BCUT2D eigenvalue weighted by Gasteiger charge is -2.28. The third-order valence-corrected chi connectivity index (χ3v) is 5.12. The van der Waals surface area contributed by atoms with Gasteiger partial charge >= 0.3 is 18.0 Å². The quantitative estimate of drug-likeness (QED) is 0.589. The topological polar surface area (TPSA) is 129 Å². The van der Waals surface area contributed by atoms with Gasteiger partial charge in [0.2, 0.25) is 11.1 Å². The molecule has 1 aromatic heterocycles. The van der Waals surface area contributed by atoms with Gasteiger partial charge in [-0.05, 0) is 44.5 Å². The van der Waals surface area contributed by atoms with Crippen molar-refractivity contribution < 1.29 is 23.9 Å². The van der Waals surface area contributed by atoms with Gasteiger partial charge < -0.3 is 20.1 Å². The molecule has 1 aromatic carbocycles. The average molecular weight is 475 g/mol. The number of aromatic nitrogens is 2. The average Bonchev–Trinajstić information content (AvgIpc) is 2.78. The summed E-state index contributed by atoms with van der Waals surface area (Å²) >= 11 is 5.92. The highest BCUT2D eigenvalue weighted by molar-refractivity contribution is 6.30. The summed E-state index contributed by atoms with van der Waals surface area (Å²) in [5, 5.41) is 9.77. The van der Waals surface area contributed by atoms with Crippen molar-refractivity contribution in [2.75, 3.05) is 13.2 Å². The molecule has 0 bridgehead atoms. The Balaban J connectivity index is 1.89. The lowest BCUT2D eigenvalue weighted by molar-refractivity contribution is -0.139. The highest BCUT2D eigenvalue weighted by Crippen LogP contribution is 2.18. The van der Waals surface area contributed by atoms with Crippen molar-refractivity contribution in [1.29, 1.82) is 0 Å². The van der Waals surface area contributed by atoms with Crippen molar-refractivity contribution in [3.63, 3.8) is 0 Å². The van der Waals surface area contributed by atoms with Crippen molar-refractivity contribution in [3.05, 3.63) is 68.2 Å². The van der Waals surface area contributed by atoms with E-state index in [0.717, 1.165) is 0 Å². The molecule has 0 saturated heterocycles. The van der Waals surface area contributed by atoms with Crippen LogP contribution in [0.4, 0.5) is 4.79 Å². The van der Waals surface area contributed by atoms with Gasteiger partial charge in [-0.1, -0.05) is 18.5 Å². The highest BCUT2D eigenvalue weighted by Gasteiger charge is 2.32. The first-order chi connectivity index (χ1) is 15.7. The Morgan fingerprint density at radius 2 is 1.82 bits per heavy atom. The predicted molar refractivity (Wildman–Crippen MR) is 119 cm³/mol. The molecular formula is C22H23ClN4O6. The Bertz CT molecular complexity index is 1170. The maximum Gasteiger partial charge on any atom is 0.363 e. The van der Waals surface area contributed by atoms with Crippen molar-refractivity contribution >= 4 is 29.6 Å². The Kier molecular flexibility index (Phi) is 7.49. The zero-order valence-corrected chi connectivity index (χ0v) is 19.1. The van der Waals surface area contributed by atoms with Crippen LogP contribution in [0.2, 0.25) is 5.02 Å². The van der Waals surface area contributed by atoms with Crippen LogP contribution in [0.5, 0.6) is 0 Å². The van der Waals surface area contributed by atoms with Crippen molar-refractivity contribution in [2.45, 2.75) is 33.2 Å². The molecule has 174 valence electrons. The summed E-state index contributed by atoms with van der Waals surface area (Å²) in [7, 11) is 0. The van der Waals surface area contributed by atoms with Gasteiger partial charge in [0.15, 0.2) is 0 Å². The molecule has 0 unspecified atom stereocenters. The molecular weight excluding hydrogens is 452 g/mol. The summed E-state index contributed by atoms with van der Waals surface area (Å²) in [6.07, 6.45) is 0.421. The summed E-state index contributed by atoms with van der Waals surface area (Å²) < 4.78 is 11.7. The molecule has 33 heavy (non-hydrogen) atoms. The molecule has 0 fully saturated rings. The van der Waals surface area contributed by atoms with Crippen LogP contribution in [0.3, 0.4) is 0 Å². The third kappa shape index (κ3) is 5.40. The minimum Gasteiger partial charge on any atom is -0.463 e. The second kappa shape index (κ2) is 10.3. The van der Waals surface area contributed by atoms with E-state index in [1.807, 2.05) is 0 Å². The molecule has 11 heteroatoms. The molecule has 2 aromatic rings. The van der Waals surface area contributed by atoms with E-state index in [4.69, 9.17) is 21.1 Å². The molecule has 1 aliphatic rings. The van der Waals surface area contributed by atoms with Crippen molar-refractivity contribution in [3.8, 4) is 5.69 Å². The van der Waals surface area contributed by atoms with Crippen LogP contribution in [0.1, 0.15) is 36.5 Å². The van der Waals surface area contributed by atoms with Gasteiger partial charge in [0.05, 0.1) is 29.6 Å². The SMILES string of the molecule is CCOC(=O)C1=C(COC(=O)c2nn(-c3ccc(Cl)cc3)c(C)cc2=O)NC(=O)N[C@@H]1CC. The van der Waals surface area contributed by atoms with E-state index in [1.54, 1.807) is 45.0 Å². The maximum atomic E-state index is 12.7. The molecule has 0 radical (unpaired) electrons. The monoisotopic (exact) mass is 474 g/mol. The maximum absolute atomic E-state index is 12.7. The Morgan fingerprint density at radius 1 is 1.12 bits per heavy atom. The van der Waals surface area contributed by atoms with Gasteiger partial charge in [0.25, 0.3) is 0 Å². The number of benzene rings is 1. The minimum atomic E-state index is -1.00. The number of aryl methyl sites for hydroxylation is 1. The second-order valence-corrected chi connectivity index (χ2v) is 7.57. The zero-order valence-electron chi connectivity index (χ0n) is 18.3. The second-order valence-electron chi connectivity index (χ2n) is 7.13. The number of amides is 2. The number of rotatable bonds is 7. The van der Waals surface area contributed by atoms with E-state index in [1.165, 1.54) is 10.7 Å². The third-order valence-electron chi connectivity index (χ3n) is 4.87. The Hall–Kier alpha value is -3.66. The van der Waals surface area contributed by atoms with Crippen LogP contribution in [-0.4, -0.2) is 47.0 Å². The van der Waals surface area contributed by atoms with E-state index in [0.29, 0.717) is 22.8 Å². The highest BCUT2D eigenvalue weighted by atomic mass is 35.5. The number of ether oxygens (including phenoxy) is 2. The summed E-state index contributed by atoms with van der Waals surface area (Å²) in [5.74, 6) is -1.64. The molecule has 0 aliphatic carbocycles. The van der Waals surface area contributed by atoms with Crippen LogP contribution in [-0.2, 0) is 14.3 Å². The molecule has 2 N–H and O–H groups in total. The molecule has 2 heterocycles. The largest absolute Gasteiger partial charge is 0.463 e. The summed E-state index contributed by atoms with van der Waals surface area (Å²) in [4.78, 5) is 49.5. The Labute approximate surface area is 194 Å². The summed E-state index contributed by atoms with van der Waals surface area (Å²) in [6, 6.07) is 6.80. The molecule has 1 atom stereocenters. The van der Waals surface area contributed by atoms with Gasteiger partial charge in [-0.3, -0.25) is 4.79 Å². The van der Waals surface area contributed by atoms with Gasteiger partial charge in [0, 0.05) is 16.8 Å². The fraction of sp³-hybridized carbons (Fsp3) is 0.318. The lowest BCUT2D eigenvalue weighted by atomic mass is 10.0. The van der Waals surface area contributed by atoms with E-state index >= 15 is 0 Å². The Morgan fingerprint density at radius 3 is 2.45 bits per heavy atom. The smallest absolute Gasteiger partial charge is 0.363 e. The van der Waals surface area contributed by atoms with E-state index in [2.05, 4.69) is 15.7 Å². The summed E-state index contributed by atoms with van der Waals surface area (Å²) in [6.45, 7) is 4.80. The minimum absolute atomic E-state index is 0.0857. The van der Waals surface area contributed by atoms with Gasteiger partial charge in [0.1, 0.15) is 6.61 Å². The number of esters is 2. The normalized spacial score (nSPS) is 15.5. The number of carbonyl (C=O) groups is 3. The molecule has 3 rings (SSSR count). The molecule has 0 saturated carbocycles. The van der Waals surface area contributed by atoms with Crippen LogP contribution in [0, 0.1) is 6.92 Å². The number of nitrogens with zero attached hydrogens (tertiary/aromatic N) is 2. The number of nitrogens with one attached hydrogen (secondary N) is 2. The van der Waals surface area contributed by atoms with Gasteiger partial charge in [-0.15, -0.1) is 0 Å². The molecule has 1 aliphatic heterocycles. The number of urea groups is 1. The number of hydrogen-bond donors (Lipinski definition) is 2. The predicted octanol–water partition coefficient (Wildman–Crippen LogP) is 2.26. The van der Waals surface area contributed by atoms with Gasteiger partial charge in [-0.25, -0.2) is 19.1 Å². The first-order valence-electron chi connectivity index (χ1n) is 10.3. The molecule has 10 nitrogen and oxygen atoms in total. The first-order valence-corrected chi connectivity index (χ1v) is 10.6. The van der Waals surface area contributed by atoms with E-state index in [-0.39, 0.29) is 17.9 Å². The van der Waals surface area contributed by atoms with E-state index < -0.39 is 41.7 Å². The summed E-state index contributed by atoms with van der Waals surface area (Å²) in [5.41, 5.74) is 0.270. The van der Waals surface area contributed by atoms with E-state index in [9.17, 15) is 19.2 Å². The lowest BCUT2D eigenvalue weighted by Crippen LogP contribution is -2.51. The van der Waals surface area contributed by atoms with Crippen LogP contribution < -0.4 is 16.1 Å². The zero-order chi connectivity index (χ0) is 24.1. The fourth-order valence-electron chi connectivity index (χ4n) is 3.31. The fourth-order valence-corrected chi connectivity index (χ4v) is 3.44. The molecule has 2 amide bonds. The first kappa shape index (κ1) is 24.0. The van der Waals surface area contributed by atoms with Crippen molar-refractivity contribution in [2.24, 2.45) is 0 Å². The number of halogens is 1.